The van der Waals surface area contributed by atoms with E-state index >= 15 is 0 Å². The Morgan fingerprint density at radius 3 is 2.37 bits per heavy atom. The summed E-state index contributed by atoms with van der Waals surface area (Å²) in [6.07, 6.45) is 11.8. The number of aryl methyl sites for hydroxylation is 1. The molecule has 1 heterocycles. The van der Waals surface area contributed by atoms with Crippen LogP contribution in [0.4, 0.5) is 0 Å². The fourth-order valence-electron chi connectivity index (χ4n) is 2.00. The van der Waals surface area contributed by atoms with E-state index < -0.39 is 0 Å². The molecule has 0 saturated carbocycles. The molecule has 1 N–H and O–H groups in total. The minimum Gasteiger partial charge on any atom is -0.351 e. The molecule has 0 atom stereocenters. The lowest BCUT2D eigenvalue weighted by atomic mass is 10.1. The first-order chi connectivity index (χ1) is 9.24. The van der Waals surface area contributed by atoms with Crippen LogP contribution < -0.4 is 5.32 Å². The molecule has 108 valence electrons. The summed E-state index contributed by atoms with van der Waals surface area (Å²) in [6, 6.07) is 0. The SMILES string of the molecule is CCCCCCCCCCNC(=O)c1cn(C)nn1. The molecule has 5 heteroatoms. The van der Waals surface area contributed by atoms with Crippen LogP contribution in [0.1, 0.15) is 68.8 Å². The van der Waals surface area contributed by atoms with Crippen molar-refractivity contribution in [2.24, 2.45) is 7.05 Å². The van der Waals surface area contributed by atoms with Crippen LogP contribution in [0.15, 0.2) is 6.20 Å². The highest BCUT2D eigenvalue weighted by molar-refractivity contribution is 5.91. The largest absolute Gasteiger partial charge is 0.351 e. The molecule has 1 rings (SSSR count). The fourth-order valence-corrected chi connectivity index (χ4v) is 2.00. The molecule has 0 fully saturated rings. The van der Waals surface area contributed by atoms with E-state index in [1.807, 2.05) is 0 Å². The molecule has 0 spiro atoms. The van der Waals surface area contributed by atoms with Gasteiger partial charge < -0.3 is 5.32 Å². The lowest BCUT2D eigenvalue weighted by Gasteiger charge is -2.03. The quantitative estimate of drug-likeness (QED) is 0.662. The van der Waals surface area contributed by atoms with E-state index in [2.05, 4.69) is 22.6 Å². The Morgan fingerprint density at radius 1 is 1.16 bits per heavy atom. The summed E-state index contributed by atoms with van der Waals surface area (Å²) < 4.78 is 1.53. The van der Waals surface area contributed by atoms with Crippen LogP contribution in [0.3, 0.4) is 0 Å². The number of nitrogens with zero attached hydrogens (tertiary/aromatic N) is 3. The van der Waals surface area contributed by atoms with Gasteiger partial charge in [0.05, 0.1) is 6.20 Å². The molecule has 1 amide bonds. The van der Waals surface area contributed by atoms with E-state index in [0.717, 1.165) is 13.0 Å². The standard InChI is InChI=1S/C14H26N4O/c1-3-4-5-6-7-8-9-10-11-15-14(19)13-12-18(2)17-16-13/h12H,3-11H2,1-2H3,(H,15,19). The van der Waals surface area contributed by atoms with Crippen molar-refractivity contribution in [2.75, 3.05) is 6.54 Å². The summed E-state index contributed by atoms with van der Waals surface area (Å²) >= 11 is 0. The molecule has 0 aliphatic heterocycles. The third-order valence-corrected chi connectivity index (χ3v) is 3.15. The molecule has 5 nitrogen and oxygen atoms in total. The monoisotopic (exact) mass is 266 g/mol. The molecule has 0 unspecified atom stereocenters. The first kappa shape index (κ1) is 15.7. The number of carbonyl (C=O) groups excluding carboxylic acids is 1. The molecule has 0 radical (unpaired) electrons. The van der Waals surface area contributed by atoms with Crippen LogP contribution in [0.5, 0.6) is 0 Å². The molecule has 1 aromatic rings. The van der Waals surface area contributed by atoms with Gasteiger partial charge in [-0.25, -0.2) is 0 Å². The second-order valence-corrected chi connectivity index (χ2v) is 5.01. The van der Waals surface area contributed by atoms with Gasteiger partial charge in [-0.3, -0.25) is 9.48 Å². The Bertz CT molecular complexity index is 362. The smallest absolute Gasteiger partial charge is 0.273 e. The summed E-state index contributed by atoms with van der Waals surface area (Å²) in [5.74, 6) is -0.129. The van der Waals surface area contributed by atoms with Gasteiger partial charge in [0.1, 0.15) is 0 Å². The fraction of sp³-hybridized carbons (Fsp3) is 0.786. The van der Waals surface area contributed by atoms with Crippen molar-refractivity contribution < 1.29 is 4.79 Å². The van der Waals surface area contributed by atoms with Gasteiger partial charge >= 0.3 is 0 Å². The summed E-state index contributed by atoms with van der Waals surface area (Å²) in [6.45, 7) is 2.96. The Kier molecular flexibility index (Phi) is 7.86. The third kappa shape index (κ3) is 6.94. The van der Waals surface area contributed by atoms with Crippen LogP contribution >= 0.6 is 0 Å². The molecular formula is C14H26N4O. The third-order valence-electron chi connectivity index (χ3n) is 3.15. The Hall–Kier alpha value is -1.39. The maximum atomic E-state index is 11.6. The number of carbonyl (C=O) groups is 1. The van der Waals surface area contributed by atoms with Gasteiger partial charge in [0.25, 0.3) is 5.91 Å². The summed E-state index contributed by atoms with van der Waals surface area (Å²) in [4.78, 5) is 11.6. The van der Waals surface area contributed by atoms with Crippen LogP contribution in [0.25, 0.3) is 0 Å². The van der Waals surface area contributed by atoms with Crippen molar-refractivity contribution in [1.29, 1.82) is 0 Å². The van der Waals surface area contributed by atoms with E-state index in [1.54, 1.807) is 13.2 Å². The number of aromatic nitrogens is 3. The van der Waals surface area contributed by atoms with Crippen molar-refractivity contribution in [3.05, 3.63) is 11.9 Å². The summed E-state index contributed by atoms with van der Waals surface area (Å²) in [5, 5.41) is 10.4. The first-order valence-corrected chi connectivity index (χ1v) is 7.38. The van der Waals surface area contributed by atoms with Crippen molar-refractivity contribution >= 4 is 5.91 Å². The Morgan fingerprint density at radius 2 is 1.79 bits per heavy atom. The zero-order valence-corrected chi connectivity index (χ0v) is 12.2. The second-order valence-electron chi connectivity index (χ2n) is 5.01. The first-order valence-electron chi connectivity index (χ1n) is 7.38. The molecule has 0 aliphatic rings. The number of amides is 1. The van der Waals surface area contributed by atoms with E-state index in [4.69, 9.17) is 0 Å². The van der Waals surface area contributed by atoms with Crippen LogP contribution in [0.2, 0.25) is 0 Å². The van der Waals surface area contributed by atoms with E-state index in [9.17, 15) is 4.79 Å². The summed E-state index contributed by atoms with van der Waals surface area (Å²) in [5.41, 5.74) is 0.391. The highest BCUT2D eigenvalue weighted by atomic mass is 16.1. The molecule has 0 saturated heterocycles. The van der Waals surface area contributed by atoms with Crippen molar-refractivity contribution in [3.63, 3.8) is 0 Å². The van der Waals surface area contributed by atoms with Gasteiger partial charge in [-0.15, -0.1) is 5.10 Å². The van der Waals surface area contributed by atoms with Gasteiger partial charge in [0.2, 0.25) is 0 Å². The van der Waals surface area contributed by atoms with Crippen molar-refractivity contribution in [3.8, 4) is 0 Å². The zero-order valence-electron chi connectivity index (χ0n) is 12.2. The number of nitrogens with one attached hydrogen (secondary N) is 1. The Balaban J connectivity index is 1.95. The van der Waals surface area contributed by atoms with E-state index in [-0.39, 0.29) is 5.91 Å². The minimum atomic E-state index is -0.129. The van der Waals surface area contributed by atoms with Gasteiger partial charge in [-0.05, 0) is 6.42 Å². The van der Waals surface area contributed by atoms with Gasteiger partial charge in [-0.1, -0.05) is 57.1 Å². The van der Waals surface area contributed by atoms with Gasteiger partial charge in [0.15, 0.2) is 5.69 Å². The van der Waals surface area contributed by atoms with E-state index in [1.165, 1.54) is 49.6 Å². The predicted molar refractivity (Wildman–Crippen MR) is 75.9 cm³/mol. The second kappa shape index (κ2) is 9.53. The van der Waals surface area contributed by atoms with Crippen LogP contribution in [0, 0.1) is 0 Å². The van der Waals surface area contributed by atoms with Crippen molar-refractivity contribution in [1.82, 2.24) is 20.3 Å². The maximum Gasteiger partial charge on any atom is 0.273 e. The van der Waals surface area contributed by atoms with Crippen LogP contribution in [-0.4, -0.2) is 27.4 Å². The average molecular weight is 266 g/mol. The maximum absolute atomic E-state index is 11.6. The molecular weight excluding hydrogens is 240 g/mol. The van der Waals surface area contributed by atoms with Gasteiger partial charge in [-0.2, -0.15) is 0 Å². The number of hydrogen-bond donors (Lipinski definition) is 1. The Labute approximate surface area is 115 Å². The number of rotatable bonds is 10. The minimum absolute atomic E-state index is 0.129. The topological polar surface area (TPSA) is 59.8 Å². The summed E-state index contributed by atoms with van der Waals surface area (Å²) in [7, 11) is 1.75. The van der Waals surface area contributed by atoms with E-state index in [0.29, 0.717) is 5.69 Å². The number of hydrogen-bond acceptors (Lipinski definition) is 3. The lowest BCUT2D eigenvalue weighted by molar-refractivity contribution is 0.0948. The van der Waals surface area contributed by atoms with Crippen LogP contribution in [-0.2, 0) is 7.05 Å². The average Bonchev–Trinajstić information content (AvgIpc) is 2.83. The molecule has 0 aliphatic carbocycles. The molecule has 19 heavy (non-hydrogen) atoms. The highest BCUT2D eigenvalue weighted by Gasteiger charge is 2.08. The normalized spacial score (nSPS) is 10.6. The zero-order chi connectivity index (χ0) is 13.9. The molecule has 0 bridgehead atoms. The van der Waals surface area contributed by atoms with Gasteiger partial charge in [0, 0.05) is 13.6 Å². The number of unbranched alkanes of at least 4 members (excludes halogenated alkanes) is 7. The predicted octanol–water partition coefficient (Wildman–Crippen LogP) is 2.69. The van der Waals surface area contributed by atoms with Crippen molar-refractivity contribution in [2.45, 2.75) is 58.3 Å². The lowest BCUT2D eigenvalue weighted by Crippen LogP contribution is -2.24. The molecule has 0 aromatic carbocycles. The highest BCUT2D eigenvalue weighted by Crippen LogP contribution is 2.07. The molecule has 1 aromatic heterocycles.